The number of aromatic nitrogens is 1. The molecule has 0 radical (unpaired) electrons. The molecule has 0 aliphatic carbocycles. The number of pyridine rings is 1. The zero-order valence-corrected chi connectivity index (χ0v) is 13.7. The van der Waals surface area contributed by atoms with E-state index >= 15 is 0 Å². The molecule has 1 amide bonds. The molecular weight excluding hydrogens is 316 g/mol. The van der Waals surface area contributed by atoms with Gasteiger partial charge < -0.3 is 14.8 Å². The van der Waals surface area contributed by atoms with Gasteiger partial charge in [0.05, 0.1) is 25.2 Å². The summed E-state index contributed by atoms with van der Waals surface area (Å²) < 4.78 is 11.3. The van der Waals surface area contributed by atoms with E-state index in [2.05, 4.69) is 10.3 Å². The normalized spacial score (nSPS) is 13.3. The summed E-state index contributed by atoms with van der Waals surface area (Å²) in [6, 6.07) is 15.2. The second-order valence-corrected chi connectivity index (χ2v) is 5.93. The lowest BCUT2D eigenvalue weighted by Gasteiger charge is -2.11. The van der Waals surface area contributed by atoms with Gasteiger partial charge in [-0.25, -0.2) is 0 Å². The Morgan fingerprint density at radius 2 is 1.88 bits per heavy atom. The van der Waals surface area contributed by atoms with Gasteiger partial charge in [-0.15, -0.1) is 0 Å². The smallest absolute Gasteiger partial charge is 0.228 e. The van der Waals surface area contributed by atoms with Crippen molar-refractivity contribution in [2.45, 2.75) is 12.8 Å². The SMILES string of the molecule is O=C(Cc1cccc2cccnc12)Nc1ccc2c(c1)OCCCO2. The highest BCUT2D eigenvalue weighted by Gasteiger charge is 2.13. The molecule has 3 aromatic rings. The molecule has 1 aliphatic rings. The molecule has 126 valence electrons. The van der Waals surface area contributed by atoms with Crippen molar-refractivity contribution in [2.75, 3.05) is 18.5 Å². The fourth-order valence-electron chi connectivity index (χ4n) is 2.93. The zero-order chi connectivity index (χ0) is 17.1. The number of ether oxygens (including phenoxy) is 2. The highest BCUT2D eigenvalue weighted by molar-refractivity contribution is 5.95. The van der Waals surface area contributed by atoms with Gasteiger partial charge in [0.2, 0.25) is 5.91 Å². The third-order valence-corrected chi connectivity index (χ3v) is 4.10. The molecule has 0 saturated heterocycles. The minimum absolute atomic E-state index is 0.0901. The Bertz CT molecular complexity index is 918. The predicted molar refractivity (Wildman–Crippen MR) is 96.1 cm³/mol. The molecular formula is C20H18N2O3. The summed E-state index contributed by atoms with van der Waals surface area (Å²) in [5, 5.41) is 3.95. The fourth-order valence-corrected chi connectivity index (χ4v) is 2.93. The molecule has 2 heterocycles. The van der Waals surface area contributed by atoms with Crippen LogP contribution in [0.4, 0.5) is 5.69 Å². The van der Waals surface area contributed by atoms with E-state index in [1.165, 1.54) is 0 Å². The monoisotopic (exact) mass is 334 g/mol. The molecule has 0 unspecified atom stereocenters. The Balaban J connectivity index is 1.51. The van der Waals surface area contributed by atoms with Crippen molar-refractivity contribution in [2.24, 2.45) is 0 Å². The summed E-state index contributed by atoms with van der Waals surface area (Å²) in [7, 11) is 0. The lowest BCUT2D eigenvalue weighted by atomic mass is 10.1. The second-order valence-electron chi connectivity index (χ2n) is 5.93. The van der Waals surface area contributed by atoms with Gasteiger partial charge in [0, 0.05) is 29.8 Å². The number of benzene rings is 2. The largest absolute Gasteiger partial charge is 0.490 e. The number of amides is 1. The van der Waals surface area contributed by atoms with Gasteiger partial charge in [-0.05, 0) is 23.8 Å². The van der Waals surface area contributed by atoms with Crippen LogP contribution in [0.2, 0.25) is 0 Å². The maximum atomic E-state index is 12.5. The van der Waals surface area contributed by atoms with Crippen LogP contribution in [-0.4, -0.2) is 24.1 Å². The van der Waals surface area contributed by atoms with Gasteiger partial charge in [0.1, 0.15) is 0 Å². The molecule has 0 atom stereocenters. The molecule has 1 N–H and O–H groups in total. The number of hydrogen-bond acceptors (Lipinski definition) is 4. The van der Waals surface area contributed by atoms with E-state index in [9.17, 15) is 4.79 Å². The molecule has 5 heteroatoms. The van der Waals surface area contributed by atoms with Crippen LogP contribution in [0.25, 0.3) is 10.9 Å². The number of carbonyl (C=O) groups excluding carboxylic acids is 1. The summed E-state index contributed by atoms with van der Waals surface area (Å²) in [6.45, 7) is 1.26. The van der Waals surface area contributed by atoms with Crippen molar-refractivity contribution in [3.05, 3.63) is 60.3 Å². The van der Waals surface area contributed by atoms with E-state index in [0.29, 0.717) is 30.4 Å². The van der Waals surface area contributed by atoms with Crippen LogP contribution in [0.1, 0.15) is 12.0 Å². The van der Waals surface area contributed by atoms with Crippen molar-refractivity contribution >= 4 is 22.5 Å². The van der Waals surface area contributed by atoms with Crippen LogP contribution in [-0.2, 0) is 11.2 Å². The molecule has 0 spiro atoms. The van der Waals surface area contributed by atoms with Crippen molar-refractivity contribution < 1.29 is 14.3 Å². The maximum Gasteiger partial charge on any atom is 0.228 e. The average Bonchev–Trinajstić information content (AvgIpc) is 2.87. The molecule has 2 aromatic carbocycles. The van der Waals surface area contributed by atoms with E-state index in [4.69, 9.17) is 9.47 Å². The Hall–Kier alpha value is -3.08. The van der Waals surface area contributed by atoms with Crippen LogP contribution in [0.3, 0.4) is 0 Å². The first kappa shape index (κ1) is 15.4. The number of rotatable bonds is 3. The topological polar surface area (TPSA) is 60.5 Å². The molecule has 1 aromatic heterocycles. The number of nitrogens with zero attached hydrogens (tertiary/aromatic N) is 1. The van der Waals surface area contributed by atoms with Gasteiger partial charge in [-0.2, -0.15) is 0 Å². The maximum absolute atomic E-state index is 12.5. The lowest BCUT2D eigenvalue weighted by Crippen LogP contribution is -2.14. The average molecular weight is 334 g/mol. The van der Waals surface area contributed by atoms with Crippen LogP contribution in [0.5, 0.6) is 11.5 Å². The van der Waals surface area contributed by atoms with Gasteiger partial charge in [-0.1, -0.05) is 24.3 Å². The molecule has 1 aliphatic heterocycles. The van der Waals surface area contributed by atoms with Crippen LogP contribution in [0.15, 0.2) is 54.7 Å². The van der Waals surface area contributed by atoms with Crippen molar-refractivity contribution in [3.8, 4) is 11.5 Å². The minimum Gasteiger partial charge on any atom is -0.490 e. The first-order valence-electron chi connectivity index (χ1n) is 8.32. The number of fused-ring (bicyclic) bond motifs is 2. The van der Waals surface area contributed by atoms with Crippen LogP contribution < -0.4 is 14.8 Å². The molecule has 4 rings (SSSR count). The van der Waals surface area contributed by atoms with Crippen molar-refractivity contribution in [3.63, 3.8) is 0 Å². The first-order valence-corrected chi connectivity index (χ1v) is 8.32. The molecule has 0 fully saturated rings. The molecule has 0 bridgehead atoms. The number of nitrogens with one attached hydrogen (secondary N) is 1. The minimum atomic E-state index is -0.0901. The standard InChI is InChI=1S/C20H18N2O3/c23-19(12-15-5-1-4-14-6-2-9-21-20(14)15)22-16-7-8-17-18(13-16)25-11-3-10-24-17/h1-2,4-9,13H,3,10-12H2,(H,22,23). The third kappa shape index (κ3) is 3.40. The van der Waals surface area contributed by atoms with Crippen LogP contribution >= 0.6 is 0 Å². The zero-order valence-electron chi connectivity index (χ0n) is 13.7. The summed E-state index contributed by atoms with van der Waals surface area (Å²) in [4.78, 5) is 16.8. The lowest BCUT2D eigenvalue weighted by molar-refractivity contribution is -0.115. The number of hydrogen-bond donors (Lipinski definition) is 1. The number of carbonyl (C=O) groups is 1. The summed E-state index contributed by atoms with van der Waals surface area (Å²) >= 11 is 0. The van der Waals surface area contributed by atoms with E-state index in [-0.39, 0.29) is 12.3 Å². The molecule has 25 heavy (non-hydrogen) atoms. The third-order valence-electron chi connectivity index (χ3n) is 4.10. The molecule has 0 saturated carbocycles. The van der Waals surface area contributed by atoms with E-state index in [0.717, 1.165) is 22.9 Å². The van der Waals surface area contributed by atoms with E-state index < -0.39 is 0 Å². The number of anilines is 1. The summed E-state index contributed by atoms with van der Waals surface area (Å²) in [5.41, 5.74) is 2.46. The Morgan fingerprint density at radius 3 is 2.80 bits per heavy atom. The quantitative estimate of drug-likeness (QED) is 0.795. The summed E-state index contributed by atoms with van der Waals surface area (Å²) in [5.74, 6) is 1.29. The van der Waals surface area contributed by atoms with Crippen molar-refractivity contribution in [1.82, 2.24) is 4.98 Å². The highest BCUT2D eigenvalue weighted by atomic mass is 16.5. The predicted octanol–water partition coefficient (Wildman–Crippen LogP) is 3.58. The Morgan fingerprint density at radius 1 is 1.04 bits per heavy atom. The van der Waals surface area contributed by atoms with Gasteiger partial charge in [0.15, 0.2) is 11.5 Å². The van der Waals surface area contributed by atoms with Gasteiger partial charge in [0.25, 0.3) is 0 Å². The second kappa shape index (κ2) is 6.81. The van der Waals surface area contributed by atoms with Crippen LogP contribution in [0, 0.1) is 0 Å². The summed E-state index contributed by atoms with van der Waals surface area (Å²) in [6.07, 6.45) is 2.86. The Kier molecular flexibility index (Phi) is 4.21. The van der Waals surface area contributed by atoms with E-state index in [1.54, 1.807) is 12.3 Å². The van der Waals surface area contributed by atoms with Gasteiger partial charge in [-0.3, -0.25) is 9.78 Å². The van der Waals surface area contributed by atoms with Crippen molar-refractivity contribution in [1.29, 1.82) is 0 Å². The first-order chi connectivity index (χ1) is 12.3. The Labute approximate surface area is 145 Å². The van der Waals surface area contributed by atoms with E-state index in [1.807, 2.05) is 42.5 Å². The molecule has 5 nitrogen and oxygen atoms in total. The number of para-hydroxylation sites is 1. The fraction of sp³-hybridized carbons (Fsp3) is 0.200. The highest BCUT2D eigenvalue weighted by Crippen LogP contribution is 2.32. The van der Waals surface area contributed by atoms with Gasteiger partial charge >= 0.3 is 0 Å².